The van der Waals surface area contributed by atoms with Crippen LogP contribution in [0.15, 0.2) is 4.99 Å². The Morgan fingerprint density at radius 3 is 2.48 bits per heavy atom. The second-order valence-corrected chi connectivity index (χ2v) is 6.21. The van der Waals surface area contributed by atoms with Gasteiger partial charge in [-0.05, 0) is 47.0 Å². The molecule has 2 N–H and O–H groups in total. The quantitative estimate of drug-likeness (QED) is 0.462. The number of ether oxygens (including phenoxy) is 1. The van der Waals surface area contributed by atoms with Crippen molar-refractivity contribution in [1.29, 1.82) is 0 Å². The highest BCUT2D eigenvalue weighted by molar-refractivity contribution is 5.80. The number of likely N-dealkylation sites (tertiary alicyclic amines) is 1. The van der Waals surface area contributed by atoms with Crippen LogP contribution in [0, 0.1) is 0 Å². The lowest BCUT2D eigenvalue weighted by Crippen LogP contribution is -2.39. The molecule has 0 aromatic heterocycles. The molecule has 0 aliphatic carbocycles. The van der Waals surface area contributed by atoms with Gasteiger partial charge in [-0.1, -0.05) is 0 Å². The van der Waals surface area contributed by atoms with Crippen LogP contribution < -0.4 is 10.6 Å². The van der Waals surface area contributed by atoms with Crippen LogP contribution in [0.4, 0.5) is 4.79 Å². The fourth-order valence-corrected chi connectivity index (χ4v) is 2.12. The number of alkyl carbamates (subject to hydrolysis) is 1. The summed E-state index contributed by atoms with van der Waals surface area (Å²) in [5, 5.41) is 6.07. The van der Waals surface area contributed by atoms with E-state index in [0.29, 0.717) is 13.1 Å². The Labute approximate surface area is 128 Å². The first kappa shape index (κ1) is 17.6. The molecule has 1 rings (SSSR count). The molecule has 0 aromatic carbocycles. The summed E-state index contributed by atoms with van der Waals surface area (Å²) in [7, 11) is 0. The maximum Gasteiger partial charge on any atom is 0.407 e. The highest BCUT2D eigenvalue weighted by Crippen LogP contribution is 2.08. The van der Waals surface area contributed by atoms with Crippen molar-refractivity contribution in [1.82, 2.24) is 15.5 Å². The summed E-state index contributed by atoms with van der Waals surface area (Å²) in [4.78, 5) is 18.4. The van der Waals surface area contributed by atoms with Crippen LogP contribution in [-0.2, 0) is 4.74 Å². The number of guanidine groups is 1. The highest BCUT2D eigenvalue weighted by Gasteiger charge is 2.16. The van der Waals surface area contributed by atoms with Crippen LogP contribution in [0.2, 0.25) is 0 Å². The van der Waals surface area contributed by atoms with Gasteiger partial charge in [0.1, 0.15) is 5.60 Å². The summed E-state index contributed by atoms with van der Waals surface area (Å²) in [5.74, 6) is 0.993. The average molecular weight is 298 g/mol. The molecule has 1 fully saturated rings. The highest BCUT2D eigenvalue weighted by atomic mass is 16.6. The molecule has 0 bridgehead atoms. The molecule has 0 aromatic rings. The molecule has 6 heteroatoms. The second kappa shape index (κ2) is 8.74. The normalized spacial score (nSPS) is 16.0. The molecule has 6 nitrogen and oxygen atoms in total. The van der Waals surface area contributed by atoms with Crippen molar-refractivity contribution in [3.63, 3.8) is 0 Å². The molecular weight excluding hydrogens is 268 g/mol. The maximum atomic E-state index is 11.5. The van der Waals surface area contributed by atoms with E-state index in [2.05, 4.69) is 27.4 Å². The Morgan fingerprint density at radius 1 is 1.24 bits per heavy atom. The molecule has 1 heterocycles. The molecule has 0 spiro atoms. The van der Waals surface area contributed by atoms with E-state index in [4.69, 9.17) is 4.74 Å². The van der Waals surface area contributed by atoms with Gasteiger partial charge in [-0.25, -0.2) is 4.79 Å². The third-order valence-electron chi connectivity index (χ3n) is 3.01. The van der Waals surface area contributed by atoms with Crippen LogP contribution in [0.5, 0.6) is 0 Å². The van der Waals surface area contributed by atoms with E-state index in [1.165, 1.54) is 12.8 Å². The summed E-state index contributed by atoms with van der Waals surface area (Å²) in [6, 6.07) is 0. The number of rotatable bonds is 5. The van der Waals surface area contributed by atoms with Gasteiger partial charge in [-0.3, -0.25) is 4.99 Å². The summed E-state index contributed by atoms with van der Waals surface area (Å²) in [6.07, 6.45) is 2.93. The predicted octanol–water partition coefficient (Wildman–Crippen LogP) is 1.96. The summed E-state index contributed by atoms with van der Waals surface area (Å²) >= 11 is 0. The van der Waals surface area contributed by atoms with Gasteiger partial charge in [-0.2, -0.15) is 0 Å². The van der Waals surface area contributed by atoms with Crippen molar-refractivity contribution in [2.75, 3.05) is 32.7 Å². The molecule has 0 unspecified atom stereocenters. The third-order valence-corrected chi connectivity index (χ3v) is 3.01. The van der Waals surface area contributed by atoms with Crippen molar-refractivity contribution in [3.8, 4) is 0 Å². The van der Waals surface area contributed by atoms with E-state index >= 15 is 0 Å². The van der Waals surface area contributed by atoms with Gasteiger partial charge in [-0.15, -0.1) is 0 Å². The fourth-order valence-electron chi connectivity index (χ4n) is 2.12. The first-order valence-corrected chi connectivity index (χ1v) is 7.92. The largest absolute Gasteiger partial charge is 0.444 e. The van der Waals surface area contributed by atoms with E-state index in [9.17, 15) is 4.79 Å². The van der Waals surface area contributed by atoms with Crippen molar-refractivity contribution in [2.24, 2.45) is 4.99 Å². The van der Waals surface area contributed by atoms with Crippen LogP contribution in [0.25, 0.3) is 0 Å². The van der Waals surface area contributed by atoms with Crippen molar-refractivity contribution in [2.45, 2.75) is 52.6 Å². The monoisotopic (exact) mass is 298 g/mol. The van der Waals surface area contributed by atoms with Crippen LogP contribution in [-0.4, -0.2) is 55.3 Å². The summed E-state index contributed by atoms with van der Waals surface area (Å²) in [6.45, 7) is 12.0. The lowest BCUT2D eigenvalue weighted by Gasteiger charge is -2.21. The number of amides is 1. The lowest BCUT2D eigenvalue weighted by atomic mass is 10.2. The van der Waals surface area contributed by atoms with Crippen molar-refractivity contribution >= 4 is 12.1 Å². The molecule has 0 radical (unpaired) electrons. The Hall–Kier alpha value is -1.46. The molecule has 1 aliphatic rings. The Balaban J connectivity index is 2.23. The summed E-state index contributed by atoms with van der Waals surface area (Å²) < 4.78 is 5.18. The van der Waals surface area contributed by atoms with Crippen LogP contribution in [0.3, 0.4) is 0 Å². The minimum Gasteiger partial charge on any atom is -0.444 e. The average Bonchev–Trinajstić information content (AvgIpc) is 2.88. The van der Waals surface area contributed by atoms with E-state index in [1.807, 2.05) is 20.8 Å². The number of hydrogen-bond donors (Lipinski definition) is 2. The molecule has 1 saturated heterocycles. The zero-order valence-corrected chi connectivity index (χ0v) is 13.9. The van der Waals surface area contributed by atoms with Gasteiger partial charge in [0.15, 0.2) is 5.96 Å². The molecular formula is C15H30N4O2. The number of nitrogens with one attached hydrogen (secondary N) is 2. The maximum absolute atomic E-state index is 11.5. The molecule has 122 valence electrons. The van der Waals surface area contributed by atoms with Gasteiger partial charge in [0.05, 0.1) is 0 Å². The standard InChI is InChI=1S/C15H30N4O2/c1-5-16-13(19-11-6-7-12-19)17-9-8-10-18-14(20)21-15(2,3)4/h5-12H2,1-4H3,(H,16,17)(H,18,20). The number of hydrogen-bond acceptors (Lipinski definition) is 3. The Morgan fingerprint density at radius 2 is 1.90 bits per heavy atom. The van der Waals surface area contributed by atoms with E-state index < -0.39 is 5.60 Å². The molecule has 1 aliphatic heterocycles. The lowest BCUT2D eigenvalue weighted by molar-refractivity contribution is 0.0527. The zero-order valence-electron chi connectivity index (χ0n) is 13.9. The number of nitrogens with zero attached hydrogens (tertiary/aromatic N) is 2. The Kier molecular flexibility index (Phi) is 7.32. The number of carbonyl (C=O) groups excluding carboxylic acids is 1. The minimum absolute atomic E-state index is 0.363. The fraction of sp³-hybridized carbons (Fsp3) is 0.867. The van der Waals surface area contributed by atoms with Crippen molar-refractivity contribution < 1.29 is 9.53 Å². The topological polar surface area (TPSA) is 66.0 Å². The SMILES string of the molecule is CCNC(=NCCCNC(=O)OC(C)(C)C)N1CCCC1. The number of aliphatic imine (C=N–C) groups is 1. The van der Waals surface area contributed by atoms with Crippen molar-refractivity contribution in [3.05, 3.63) is 0 Å². The molecule has 0 atom stereocenters. The van der Waals surface area contributed by atoms with Gasteiger partial charge in [0.25, 0.3) is 0 Å². The van der Waals surface area contributed by atoms with Crippen LogP contribution in [0.1, 0.15) is 47.0 Å². The minimum atomic E-state index is -0.448. The third kappa shape index (κ3) is 7.78. The molecule has 1 amide bonds. The number of carbonyl (C=O) groups is 1. The zero-order chi connectivity index (χ0) is 15.7. The van der Waals surface area contributed by atoms with E-state index in [-0.39, 0.29) is 6.09 Å². The molecule has 21 heavy (non-hydrogen) atoms. The van der Waals surface area contributed by atoms with Gasteiger partial charge in [0.2, 0.25) is 0 Å². The molecule has 0 saturated carbocycles. The smallest absolute Gasteiger partial charge is 0.407 e. The Bertz CT molecular complexity index is 344. The first-order valence-electron chi connectivity index (χ1n) is 7.92. The van der Waals surface area contributed by atoms with Gasteiger partial charge >= 0.3 is 6.09 Å². The van der Waals surface area contributed by atoms with Gasteiger partial charge < -0.3 is 20.3 Å². The van der Waals surface area contributed by atoms with Crippen LogP contribution >= 0.6 is 0 Å². The van der Waals surface area contributed by atoms with Gasteiger partial charge in [0, 0.05) is 32.7 Å². The summed E-state index contributed by atoms with van der Waals surface area (Å²) in [5.41, 5.74) is -0.448. The van der Waals surface area contributed by atoms with E-state index in [0.717, 1.165) is 32.0 Å². The first-order chi connectivity index (χ1) is 9.92. The predicted molar refractivity (Wildman–Crippen MR) is 85.6 cm³/mol. The van der Waals surface area contributed by atoms with E-state index in [1.54, 1.807) is 0 Å². The second-order valence-electron chi connectivity index (χ2n) is 6.21.